The molecule has 0 spiro atoms. The van der Waals surface area contributed by atoms with Gasteiger partial charge >= 0.3 is 17.9 Å². The summed E-state index contributed by atoms with van der Waals surface area (Å²) in [5.74, 6) is -1.00. The lowest BCUT2D eigenvalue weighted by molar-refractivity contribution is -0.166. The molecular weight excluding hydrogens is 745 g/mol. The Labute approximate surface area is 369 Å². The molecule has 0 aromatic rings. The lowest BCUT2D eigenvalue weighted by atomic mass is 10.0. The van der Waals surface area contributed by atoms with Crippen LogP contribution in [0.25, 0.3) is 0 Å². The van der Waals surface area contributed by atoms with Gasteiger partial charge in [-0.1, -0.05) is 209 Å². The molecule has 1 atom stereocenters. The Morgan fingerprint density at radius 3 is 1.17 bits per heavy atom. The average molecular weight is 835 g/mol. The molecule has 0 fully saturated rings. The molecule has 0 aliphatic heterocycles. The van der Waals surface area contributed by atoms with E-state index in [1.807, 2.05) is 12.2 Å². The number of esters is 3. The van der Waals surface area contributed by atoms with Gasteiger partial charge in [0, 0.05) is 19.3 Å². The van der Waals surface area contributed by atoms with Gasteiger partial charge in [0.1, 0.15) is 13.2 Å². The molecule has 0 radical (unpaired) electrons. The summed E-state index contributed by atoms with van der Waals surface area (Å²) in [4.78, 5) is 37.8. The summed E-state index contributed by atoms with van der Waals surface area (Å²) < 4.78 is 16.7. The van der Waals surface area contributed by atoms with Crippen molar-refractivity contribution in [3.8, 4) is 0 Å². The molecule has 0 bridgehead atoms. The Morgan fingerprint density at radius 2 is 0.700 bits per heavy atom. The van der Waals surface area contributed by atoms with E-state index in [9.17, 15) is 14.4 Å². The van der Waals surface area contributed by atoms with E-state index in [4.69, 9.17) is 14.2 Å². The third-order valence-corrected chi connectivity index (χ3v) is 10.1. The van der Waals surface area contributed by atoms with Gasteiger partial charge in [-0.05, 0) is 77.0 Å². The molecule has 0 amide bonds. The zero-order valence-electron chi connectivity index (χ0n) is 38.9. The third-order valence-electron chi connectivity index (χ3n) is 10.1. The lowest BCUT2D eigenvalue weighted by Gasteiger charge is -2.18. The Hall–Kier alpha value is -3.41. The van der Waals surface area contributed by atoms with Crippen LogP contribution in [0.4, 0.5) is 0 Å². The van der Waals surface area contributed by atoms with Crippen molar-refractivity contribution in [2.45, 2.75) is 226 Å². The first kappa shape index (κ1) is 56.6. The minimum Gasteiger partial charge on any atom is -0.462 e. The van der Waals surface area contributed by atoms with E-state index in [0.717, 1.165) is 89.9 Å². The van der Waals surface area contributed by atoms with Crippen LogP contribution in [0.1, 0.15) is 220 Å². The second kappa shape index (κ2) is 48.3. The first-order chi connectivity index (χ1) is 29.5. The molecule has 0 saturated heterocycles. The quantitative estimate of drug-likeness (QED) is 0.0263. The van der Waals surface area contributed by atoms with Gasteiger partial charge in [-0.3, -0.25) is 14.4 Å². The van der Waals surface area contributed by atoms with Gasteiger partial charge in [0.2, 0.25) is 0 Å². The van der Waals surface area contributed by atoms with Crippen molar-refractivity contribution in [2.75, 3.05) is 13.2 Å². The minimum absolute atomic E-state index is 0.102. The summed E-state index contributed by atoms with van der Waals surface area (Å²) >= 11 is 0. The number of unbranched alkanes of at least 4 members (excludes halogenated alkanes) is 18. The van der Waals surface area contributed by atoms with E-state index in [1.165, 1.54) is 83.5 Å². The van der Waals surface area contributed by atoms with Crippen molar-refractivity contribution < 1.29 is 28.6 Å². The molecule has 6 heteroatoms. The summed E-state index contributed by atoms with van der Waals surface area (Å²) in [6, 6.07) is 0. The number of ether oxygens (including phenoxy) is 3. The average Bonchev–Trinajstić information content (AvgIpc) is 3.24. The van der Waals surface area contributed by atoms with Gasteiger partial charge in [-0.15, -0.1) is 0 Å². The second-order valence-electron chi connectivity index (χ2n) is 16.0. The summed E-state index contributed by atoms with van der Waals surface area (Å²) in [5, 5.41) is 0. The maximum Gasteiger partial charge on any atom is 0.306 e. The van der Waals surface area contributed by atoms with E-state index < -0.39 is 6.10 Å². The first-order valence-corrected chi connectivity index (χ1v) is 24.6. The van der Waals surface area contributed by atoms with Crippen molar-refractivity contribution in [3.63, 3.8) is 0 Å². The second-order valence-corrected chi connectivity index (χ2v) is 16.0. The highest BCUT2D eigenvalue weighted by atomic mass is 16.6. The standard InChI is InChI=1S/C54H90O6/c1-4-7-10-13-16-19-22-24-25-26-27-28-29-30-33-35-38-41-44-47-53(56)59-50-51(60-54(57)48-45-42-39-36-31-21-18-15-12-9-6-3)49-58-52(55)46-43-40-37-34-32-23-20-17-14-11-8-5-2/h7,10,15-16,18-19,24-25,27-28,30,33,38,41,51H,4-6,8-9,11-14,17,20-23,26,29,31-32,34-37,39-40,42-50H2,1-3H3/b10-7-,18-15-,19-16-,25-24-,28-27-,33-30-,41-38-/t51-/m0/s1. The normalized spacial score (nSPS) is 12.8. The topological polar surface area (TPSA) is 78.9 Å². The molecule has 0 aromatic carbocycles. The molecule has 6 nitrogen and oxygen atoms in total. The van der Waals surface area contributed by atoms with Crippen molar-refractivity contribution in [1.29, 1.82) is 0 Å². The van der Waals surface area contributed by atoms with Crippen LogP contribution in [0.15, 0.2) is 85.1 Å². The molecule has 0 aromatic heterocycles. The van der Waals surface area contributed by atoms with Gasteiger partial charge in [0.25, 0.3) is 0 Å². The number of carbonyl (C=O) groups excluding carboxylic acids is 3. The minimum atomic E-state index is -0.808. The van der Waals surface area contributed by atoms with Crippen LogP contribution in [0.2, 0.25) is 0 Å². The van der Waals surface area contributed by atoms with Crippen LogP contribution in [0, 0.1) is 0 Å². The third kappa shape index (κ3) is 45.7. The fraction of sp³-hybridized carbons (Fsp3) is 0.685. The Morgan fingerprint density at radius 1 is 0.350 bits per heavy atom. The molecule has 0 unspecified atom stereocenters. The van der Waals surface area contributed by atoms with Crippen molar-refractivity contribution in [3.05, 3.63) is 85.1 Å². The summed E-state index contributed by atoms with van der Waals surface area (Å²) in [5.41, 5.74) is 0. The van der Waals surface area contributed by atoms with Crippen molar-refractivity contribution in [2.24, 2.45) is 0 Å². The van der Waals surface area contributed by atoms with Crippen LogP contribution >= 0.6 is 0 Å². The molecule has 0 aliphatic rings. The van der Waals surface area contributed by atoms with E-state index in [0.29, 0.717) is 19.3 Å². The molecule has 0 heterocycles. The Balaban J connectivity index is 4.48. The number of carbonyl (C=O) groups is 3. The van der Waals surface area contributed by atoms with Crippen LogP contribution in [0.5, 0.6) is 0 Å². The van der Waals surface area contributed by atoms with Gasteiger partial charge in [0.15, 0.2) is 6.10 Å². The van der Waals surface area contributed by atoms with Crippen molar-refractivity contribution >= 4 is 17.9 Å². The Kier molecular flexibility index (Phi) is 45.5. The summed E-state index contributed by atoms with van der Waals surface area (Å²) in [6.07, 6.45) is 61.5. The highest BCUT2D eigenvalue weighted by Gasteiger charge is 2.19. The molecular formula is C54H90O6. The number of hydrogen-bond donors (Lipinski definition) is 0. The fourth-order valence-electron chi connectivity index (χ4n) is 6.45. The zero-order chi connectivity index (χ0) is 43.7. The molecule has 342 valence electrons. The predicted molar refractivity (Wildman–Crippen MR) is 256 cm³/mol. The first-order valence-electron chi connectivity index (χ1n) is 24.6. The Bertz CT molecular complexity index is 1190. The van der Waals surface area contributed by atoms with Gasteiger partial charge in [-0.25, -0.2) is 0 Å². The van der Waals surface area contributed by atoms with Crippen molar-refractivity contribution in [1.82, 2.24) is 0 Å². The maximum absolute atomic E-state index is 12.7. The SMILES string of the molecule is CC/C=C\C/C=C\C/C=C\C/C=C\C/C=C\C/C=C\CCC(=O)OC[C@H](COC(=O)CCCCCCCCCCCCCC)OC(=O)CCCCCCC/C=C\CCCC. The fourth-order valence-corrected chi connectivity index (χ4v) is 6.45. The number of rotatable bonds is 43. The van der Waals surface area contributed by atoms with Crippen LogP contribution in [-0.4, -0.2) is 37.2 Å². The lowest BCUT2D eigenvalue weighted by Crippen LogP contribution is -2.30. The highest BCUT2D eigenvalue weighted by molar-refractivity contribution is 5.71. The summed E-state index contributed by atoms with van der Waals surface area (Å²) in [6.45, 7) is 6.40. The number of hydrogen-bond acceptors (Lipinski definition) is 6. The predicted octanol–water partition coefficient (Wildman–Crippen LogP) is 16.0. The highest BCUT2D eigenvalue weighted by Crippen LogP contribution is 2.14. The van der Waals surface area contributed by atoms with Gasteiger partial charge in [-0.2, -0.15) is 0 Å². The van der Waals surface area contributed by atoms with Gasteiger partial charge in [0.05, 0.1) is 0 Å². The van der Waals surface area contributed by atoms with E-state index in [2.05, 4.69) is 93.7 Å². The molecule has 0 saturated carbocycles. The van der Waals surface area contributed by atoms with E-state index in [-0.39, 0.29) is 37.5 Å². The molecule has 0 rings (SSSR count). The zero-order valence-corrected chi connectivity index (χ0v) is 38.9. The largest absolute Gasteiger partial charge is 0.462 e. The molecule has 0 aliphatic carbocycles. The monoisotopic (exact) mass is 835 g/mol. The van der Waals surface area contributed by atoms with E-state index in [1.54, 1.807) is 0 Å². The van der Waals surface area contributed by atoms with Crippen LogP contribution in [-0.2, 0) is 28.6 Å². The van der Waals surface area contributed by atoms with Gasteiger partial charge < -0.3 is 14.2 Å². The van der Waals surface area contributed by atoms with Crippen LogP contribution < -0.4 is 0 Å². The molecule has 0 N–H and O–H groups in total. The van der Waals surface area contributed by atoms with Crippen LogP contribution in [0.3, 0.4) is 0 Å². The smallest absolute Gasteiger partial charge is 0.306 e. The molecule has 60 heavy (non-hydrogen) atoms. The van der Waals surface area contributed by atoms with E-state index >= 15 is 0 Å². The number of allylic oxidation sites excluding steroid dienone is 14. The summed E-state index contributed by atoms with van der Waals surface area (Å²) in [7, 11) is 0. The maximum atomic E-state index is 12.7.